The zero-order valence-electron chi connectivity index (χ0n) is 20.8. The molecule has 0 bridgehead atoms. The van der Waals surface area contributed by atoms with Gasteiger partial charge in [0.05, 0.1) is 6.61 Å². The number of Topliss-reactive ketones (excluding diaryl/α,β-unsaturated/α-hetero) is 1. The summed E-state index contributed by atoms with van der Waals surface area (Å²) in [5, 5.41) is 0. The van der Waals surface area contributed by atoms with E-state index in [-0.39, 0.29) is 12.4 Å². The molecule has 1 aliphatic heterocycles. The maximum atomic E-state index is 12.6. The molecule has 0 aliphatic carbocycles. The molecule has 5 heteroatoms. The smallest absolute Gasteiger partial charge is 0.413 e. The van der Waals surface area contributed by atoms with Crippen LogP contribution >= 0.6 is 0 Å². The van der Waals surface area contributed by atoms with E-state index in [2.05, 4.69) is 18.8 Å². The van der Waals surface area contributed by atoms with E-state index < -0.39 is 23.5 Å². The minimum atomic E-state index is -0.889. The first-order chi connectivity index (χ1) is 14.6. The average molecular weight is 436 g/mol. The van der Waals surface area contributed by atoms with Crippen molar-refractivity contribution in [1.82, 2.24) is 4.90 Å². The van der Waals surface area contributed by atoms with Crippen LogP contribution in [0.4, 0.5) is 4.79 Å². The number of nitrogens with zero attached hydrogens (tertiary/aromatic N) is 1. The van der Waals surface area contributed by atoms with Crippen LogP contribution in [0.3, 0.4) is 0 Å². The Kier molecular flexibility index (Phi) is 12.2. The van der Waals surface area contributed by atoms with Gasteiger partial charge < -0.3 is 9.47 Å². The highest BCUT2D eigenvalue weighted by Gasteiger charge is 2.48. The molecule has 0 radical (unpaired) electrons. The Morgan fingerprint density at radius 1 is 0.968 bits per heavy atom. The Morgan fingerprint density at radius 3 is 2.00 bits per heavy atom. The monoisotopic (exact) mass is 435 g/mol. The van der Waals surface area contributed by atoms with Crippen LogP contribution in [0, 0.1) is 11.8 Å². The summed E-state index contributed by atoms with van der Waals surface area (Å²) in [6.07, 6.45) is 14.4. The predicted molar refractivity (Wildman–Crippen MR) is 126 cm³/mol. The molecule has 1 fully saturated rings. The second-order valence-corrected chi connectivity index (χ2v) is 10.1. The number of unbranched alkanes of at least 4 members (excludes halogenated alkanes) is 11. The summed E-state index contributed by atoms with van der Waals surface area (Å²) in [7, 11) is 0. The van der Waals surface area contributed by atoms with Crippen LogP contribution in [0.1, 0.15) is 119 Å². The van der Waals surface area contributed by atoms with Crippen molar-refractivity contribution >= 4 is 11.9 Å². The average Bonchev–Trinajstić information content (AvgIpc) is 2.99. The summed E-state index contributed by atoms with van der Waals surface area (Å²) >= 11 is 0. The number of ether oxygens (including phenoxy) is 2. The fourth-order valence-electron chi connectivity index (χ4n) is 3.76. The zero-order chi connectivity index (χ0) is 23.3. The third-order valence-corrected chi connectivity index (χ3v) is 5.50. The van der Waals surface area contributed by atoms with Gasteiger partial charge in [-0.15, -0.1) is 0 Å². The summed E-state index contributed by atoms with van der Waals surface area (Å²) in [6.45, 7) is 11.4. The molecular weight excluding hydrogens is 390 g/mol. The van der Waals surface area contributed by atoms with Crippen LogP contribution < -0.4 is 0 Å². The van der Waals surface area contributed by atoms with Crippen molar-refractivity contribution in [3.63, 3.8) is 0 Å². The minimum absolute atomic E-state index is 0.151. The number of hydrogen-bond donors (Lipinski definition) is 0. The third kappa shape index (κ3) is 11.1. The molecule has 1 amide bonds. The van der Waals surface area contributed by atoms with E-state index >= 15 is 0 Å². The van der Waals surface area contributed by atoms with Gasteiger partial charge in [-0.1, -0.05) is 77.1 Å². The fraction of sp³-hybridized carbons (Fsp3) is 0.846. The number of rotatable bonds is 12. The van der Waals surface area contributed by atoms with Crippen LogP contribution in [0.15, 0.2) is 0 Å². The van der Waals surface area contributed by atoms with Gasteiger partial charge in [-0.05, 0) is 47.0 Å². The minimum Gasteiger partial charge on any atom is -0.444 e. The first-order valence-corrected chi connectivity index (χ1v) is 12.3. The standard InChI is InChI=1S/C26H45NO4/c1-7-8-9-10-11-12-13-14-15-16-17-18-19-20-23(28)22-21-30-26(5,6)27(22)24(29)31-25(2,3)4/h22H,7-18,21H2,1-6H3/t22-/m0/s1. The van der Waals surface area contributed by atoms with E-state index in [1.807, 2.05) is 0 Å². The van der Waals surface area contributed by atoms with Crippen LogP contribution in [-0.4, -0.2) is 40.8 Å². The molecule has 178 valence electrons. The molecule has 0 spiro atoms. The third-order valence-electron chi connectivity index (χ3n) is 5.50. The largest absolute Gasteiger partial charge is 0.444 e. The molecule has 1 aliphatic rings. The van der Waals surface area contributed by atoms with Crippen molar-refractivity contribution in [3.8, 4) is 11.8 Å². The van der Waals surface area contributed by atoms with Crippen molar-refractivity contribution in [3.05, 3.63) is 0 Å². The lowest BCUT2D eigenvalue weighted by molar-refractivity contribution is -0.119. The normalized spacial score (nSPS) is 17.9. The summed E-state index contributed by atoms with van der Waals surface area (Å²) in [6, 6.07) is -0.713. The van der Waals surface area contributed by atoms with Crippen LogP contribution in [0.2, 0.25) is 0 Å². The molecule has 0 aromatic rings. The Hall–Kier alpha value is -1.54. The second-order valence-electron chi connectivity index (χ2n) is 10.1. The Labute approximate surface area is 190 Å². The maximum absolute atomic E-state index is 12.6. The molecule has 0 aromatic heterocycles. The fourth-order valence-corrected chi connectivity index (χ4v) is 3.76. The van der Waals surface area contributed by atoms with Gasteiger partial charge in [0.1, 0.15) is 17.4 Å². The molecular formula is C26H45NO4. The SMILES string of the molecule is CCCCCCCCCCCCCC#CC(=O)[C@@H]1COC(C)(C)N1C(=O)OC(C)(C)C. The molecule has 1 rings (SSSR count). The molecule has 0 N–H and O–H groups in total. The van der Waals surface area contributed by atoms with E-state index in [0.717, 1.165) is 12.8 Å². The van der Waals surface area contributed by atoms with Gasteiger partial charge in [0.15, 0.2) is 0 Å². The van der Waals surface area contributed by atoms with Crippen molar-refractivity contribution in [2.45, 2.75) is 136 Å². The zero-order valence-corrected chi connectivity index (χ0v) is 20.8. The number of carbonyl (C=O) groups excluding carboxylic acids is 2. The lowest BCUT2D eigenvalue weighted by atomic mass is 10.1. The lowest BCUT2D eigenvalue weighted by Gasteiger charge is -2.34. The summed E-state index contributed by atoms with van der Waals surface area (Å²) < 4.78 is 11.1. The molecule has 1 atom stereocenters. The van der Waals surface area contributed by atoms with Crippen molar-refractivity contribution in [2.24, 2.45) is 0 Å². The molecule has 1 heterocycles. The Morgan fingerprint density at radius 2 is 1.48 bits per heavy atom. The van der Waals surface area contributed by atoms with Gasteiger partial charge in [0.25, 0.3) is 0 Å². The molecule has 31 heavy (non-hydrogen) atoms. The highest BCUT2D eigenvalue weighted by atomic mass is 16.6. The van der Waals surface area contributed by atoms with Gasteiger partial charge in [-0.2, -0.15) is 0 Å². The van der Waals surface area contributed by atoms with Crippen LogP contribution in [0.25, 0.3) is 0 Å². The highest BCUT2D eigenvalue weighted by Crippen LogP contribution is 2.29. The lowest BCUT2D eigenvalue weighted by Crippen LogP contribution is -2.52. The van der Waals surface area contributed by atoms with Crippen molar-refractivity contribution in [2.75, 3.05) is 6.61 Å². The van der Waals surface area contributed by atoms with Crippen molar-refractivity contribution in [1.29, 1.82) is 0 Å². The van der Waals surface area contributed by atoms with Crippen molar-refractivity contribution < 1.29 is 19.1 Å². The van der Waals surface area contributed by atoms with Crippen LogP contribution in [-0.2, 0) is 14.3 Å². The van der Waals surface area contributed by atoms with E-state index in [9.17, 15) is 9.59 Å². The van der Waals surface area contributed by atoms with Gasteiger partial charge in [0.2, 0.25) is 5.78 Å². The summed E-state index contributed by atoms with van der Waals surface area (Å²) in [5.41, 5.74) is -1.52. The summed E-state index contributed by atoms with van der Waals surface area (Å²) in [5.74, 6) is 5.44. The number of amides is 1. The molecule has 0 saturated carbocycles. The Bertz CT molecular complexity index is 609. The molecule has 0 unspecified atom stereocenters. The van der Waals surface area contributed by atoms with Crippen LogP contribution in [0.5, 0.6) is 0 Å². The molecule has 5 nitrogen and oxygen atoms in total. The van der Waals surface area contributed by atoms with E-state index in [1.54, 1.807) is 34.6 Å². The van der Waals surface area contributed by atoms with E-state index in [1.165, 1.54) is 62.7 Å². The van der Waals surface area contributed by atoms with E-state index in [0.29, 0.717) is 6.42 Å². The van der Waals surface area contributed by atoms with Gasteiger partial charge in [0, 0.05) is 6.42 Å². The Balaban J connectivity index is 2.30. The molecule has 1 saturated heterocycles. The molecule has 0 aromatic carbocycles. The highest BCUT2D eigenvalue weighted by molar-refractivity contribution is 6.01. The first kappa shape index (κ1) is 27.5. The predicted octanol–water partition coefficient (Wildman–Crippen LogP) is 6.63. The number of ketones is 1. The maximum Gasteiger partial charge on any atom is 0.413 e. The van der Waals surface area contributed by atoms with Gasteiger partial charge in [-0.25, -0.2) is 4.79 Å². The quantitative estimate of drug-likeness (QED) is 0.196. The first-order valence-electron chi connectivity index (χ1n) is 12.3. The van der Waals surface area contributed by atoms with E-state index in [4.69, 9.17) is 9.47 Å². The second kappa shape index (κ2) is 13.8. The summed E-state index contributed by atoms with van der Waals surface area (Å²) in [4.78, 5) is 26.6. The number of carbonyl (C=O) groups is 2. The number of hydrogen-bond acceptors (Lipinski definition) is 4. The van der Waals surface area contributed by atoms with Gasteiger partial charge >= 0.3 is 6.09 Å². The van der Waals surface area contributed by atoms with Gasteiger partial charge in [-0.3, -0.25) is 9.69 Å². The topological polar surface area (TPSA) is 55.8 Å².